The summed E-state index contributed by atoms with van der Waals surface area (Å²) in [5, 5.41) is 3.12. The SMILES string of the molecule is CC1CCNCC1NS(=O)(=O)c1ccc(SC(F)(F)F)cc1. The highest BCUT2D eigenvalue weighted by Crippen LogP contribution is 2.36. The van der Waals surface area contributed by atoms with Crippen molar-refractivity contribution in [3.05, 3.63) is 24.3 Å². The van der Waals surface area contributed by atoms with Crippen LogP contribution in [0, 0.1) is 5.92 Å². The van der Waals surface area contributed by atoms with Crippen LogP contribution in [0.5, 0.6) is 0 Å². The van der Waals surface area contributed by atoms with Crippen LogP contribution in [-0.4, -0.2) is 33.1 Å². The van der Waals surface area contributed by atoms with Gasteiger partial charge in [-0.2, -0.15) is 13.2 Å². The van der Waals surface area contributed by atoms with Crippen LogP contribution in [0.4, 0.5) is 13.2 Å². The number of benzene rings is 1. The maximum Gasteiger partial charge on any atom is 0.446 e. The second-order valence-electron chi connectivity index (χ2n) is 5.22. The van der Waals surface area contributed by atoms with E-state index in [-0.39, 0.29) is 33.5 Å². The molecule has 1 aromatic carbocycles. The van der Waals surface area contributed by atoms with Gasteiger partial charge in [0.2, 0.25) is 10.0 Å². The summed E-state index contributed by atoms with van der Waals surface area (Å²) in [6, 6.07) is 4.49. The number of alkyl halides is 3. The number of thioether (sulfide) groups is 1. The minimum Gasteiger partial charge on any atom is -0.315 e. The van der Waals surface area contributed by atoms with E-state index < -0.39 is 15.5 Å². The molecular formula is C13H17F3N2O2S2. The van der Waals surface area contributed by atoms with Crippen LogP contribution in [0.1, 0.15) is 13.3 Å². The molecule has 2 unspecified atom stereocenters. The van der Waals surface area contributed by atoms with Crippen LogP contribution >= 0.6 is 11.8 Å². The zero-order valence-corrected chi connectivity index (χ0v) is 13.5. The first kappa shape index (κ1) is 17.6. The molecular weight excluding hydrogens is 337 g/mol. The Labute approximate surface area is 131 Å². The molecule has 9 heteroatoms. The van der Waals surface area contributed by atoms with Crippen molar-refractivity contribution in [1.29, 1.82) is 0 Å². The number of piperidine rings is 1. The van der Waals surface area contributed by atoms with Crippen molar-refractivity contribution < 1.29 is 21.6 Å². The van der Waals surface area contributed by atoms with E-state index in [2.05, 4.69) is 10.0 Å². The van der Waals surface area contributed by atoms with Crippen LogP contribution in [0.3, 0.4) is 0 Å². The van der Waals surface area contributed by atoms with E-state index in [9.17, 15) is 21.6 Å². The molecule has 124 valence electrons. The minimum atomic E-state index is -4.39. The summed E-state index contributed by atoms with van der Waals surface area (Å²) in [6.45, 7) is 3.36. The van der Waals surface area contributed by atoms with Crippen molar-refractivity contribution in [3.63, 3.8) is 0 Å². The molecule has 1 aliphatic heterocycles. The molecule has 0 spiro atoms. The van der Waals surface area contributed by atoms with Crippen molar-refractivity contribution in [2.45, 2.75) is 34.7 Å². The molecule has 1 aromatic rings. The molecule has 2 atom stereocenters. The van der Waals surface area contributed by atoms with E-state index >= 15 is 0 Å². The van der Waals surface area contributed by atoms with Crippen LogP contribution in [-0.2, 0) is 10.0 Å². The Morgan fingerprint density at radius 1 is 1.27 bits per heavy atom. The molecule has 0 bridgehead atoms. The number of halogens is 3. The van der Waals surface area contributed by atoms with Gasteiger partial charge in [-0.05, 0) is 54.9 Å². The molecule has 2 rings (SSSR count). The number of rotatable bonds is 4. The Kier molecular flexibility index (Phi) is 5.41. The van der Waals surface area contributed by atoms with Gasteiger partial charge in [0, 0.05) is 17.5 Å². The van der Waals surface area contributed by atoms with Gasteiger partial charge >= 0.3 is 5.51 Å². The van der Waals surface area contributed by atoms with Gasteiger partial charge in [0.05, 0.1) is 4.90 Å². The van der Waals surface area contributed by atoms with Crippen LogP contribution < -0.4 is 10.0 Å². The number of sulfonamides is 1. The predicted molar refractivity (Wildman–Crippen MR) is 79.1 cm³/mol. The summed E-state index contributed by atoms with van der Waals surface area (Å²) < 4.78 is 63.9. The van der Waals surface area contributed by atoms with Crippen molar-refractivity contribution in [1.82, 2.24) is 10.0 Å². The molecule has 1 fully saturated rings. The van der Waals surface area contributed by atoms with E-state index in [0.717, 1.165) is 25.1 Å². The Balaban J connectivity index is 2.09. The number of hydrogen-bond donors (Lipinski definition) is 2. The Hall–Kier alpha value is -0.770. The van der Waals surface area contributed by atoms with Gasteiger partial charge in [-0.15, -0.1) is 0 Å². The third-order valence-corrected chi connectivity index (χ3v) is 5.75. The average molecular weight is 354 g/mol. The first-order valence-electron chi connectivity index (χ1n) is 6.76. The molecule has 1 aliphatic rings. The fourth-order valence-corrected chi connectivity index (χ4v) is 4.12. The fraction of sp³-hybridized carbons (Fsp3) is 0.538. The van der Waals surface area contributed by atoms with Crippen LogP contribution in [0.15, 0.2) is 34.1 Å². The lowest BCUT2D eigenvalue weighted by Gasteiger charge is -2.29. The van der Waals surface area contributed by atoms with Crippen LogP contribution in [0.25, 0.3) is 0 Å². The minimum absolute atomic E-state index is 0.0307. The van der Waals surface area contributed by atoms with Gasteiger partial charge in [0.1, 0.15) is 0 Å². The third kappa shape index (κ3) is 4.87. The van der Waals surface area contributed by atoms with Crippen molar-refractivity contribution >= 4 is 21.8 Å². The van der Waals surface area contributed by atoms with Gasteiger partial charge in [0.25, 0.3) is 0 Å². The smallest absolute Gasteiger partial charge is 0.315 e. The van der Waals surface area contributed by atoms with E-state index in [0.29, 0.717) is 6.54 Å². The molecule has 0 aromatic heterocycles. The number of nitrogens with one attached hydrogen (secondary N) is 2. The summed E-state index contributed by atoms with van der Waals surface area (Å²) in [5.74, 6) is 0.205. The number of hydrogen-bond acceptors (Lipinski definition) is 4. The molecule has 0 amide bonds. The highest BCUT2D eigenvalue weighted by Gasteiger charge is 2.30. The molecule has 0 radical (unpaired) electrons. The second-order valence-corrected chi connectivity index (χ2v) is 8.07. The lowest BCUT2D eigenvalue weighted by atomic mass is 9.96. The Bertz CT molecular complexity index is 603. The highest BCUT2D eigenvalue weighted by atomic mass is 32.2. The van der Waals surface area contributed by atoms with E-state index in [4.69, 9.17) is 0 Å². The first-order valence-corrected chi connectivity index (χ1v) is 9.06. The zero-order valence-electron chi connectivity index (χ0n) is 11.9. The molecule has 2 N–H and O–H groups in total. The van der Waals surface area contributed by atoms with Crippen molar-refractivity contribution in [2.75, 3.05) is 13.1 Å². The summed E-state index contributed by atoms with van der Waals surface area (Å²) >= 11 is -0.269. The summed E-state index contributed by atoms with van der Waals surface area (Å²) in [5.41, 5.74) is -4.39. The van der Waals surface area contributed by atoms with Gasteiger partial charge in [-0.25, -0.2) is 13.1 Å². The third-order valence-electron chi connectivity index (χ3n) is 3.50. The highest BCUT2D eigenvalue weighted by molar-refractivity contribution is 8.00. The van der Waals surface area contributed by atoms with Crippen LogP contribution in [0.2, 0.25) is 0 Å². The maximum absolute atomic E-state index is 12.3. The van der Waals surface area contributed by atoms with Gasteiger partial charge in [-0.1, -0.05) is 6.92 Å². The Morgan fingerprint density at radius 2 is 1.91 bits per heavy atom. The molecule has 1 saturated heterocycles. The van der Waals surface area contributed by atoms with Gasteiger partial charge in [0.15, 0.2) is 0 Å². The lowest BCUT2D eigenvalue weighted by molar-refractivity contribution is -0.0328. The maximum atomic E-state index is 12.3. The fourth-order valence-electron chi connectivity index (χ4n) is 2.24. The monoisotopic (exact) mass is 354 g/mol. The summed E-state index contributed by atoms with van der Waals surface area (Å²) in [4.78, 5) is -0.0732. The summed E-state index contributed by atoms with van der Waals surface area (Å²) in [7, 11) is -3.73. The summed E-state index contributed by atoms with van der Waals surface area (Å²) in [6.07, 6.45) is 0.869. The Morgan fingerprint density at radius 3 is 2.45 bits per heavy atom. The van der Waals surface area contributed by atoms with Gasteiger partial charge in [-0.3, -0.25) is 0 Å². The molecule has 1 heterocycles. The zero-order chi connectivity index (χ0) is 16.4. The molecule has 0 aliphatic carbocycles. The standard InChI is InChI=1S/C13H17F3N2O2S2/c1-9-6-7-17-8-12(9)18-22(19,20)11-4-2-10(3-5-11)21-13(14,15)16/h2-5,9,12,17-18H,6-8H2,1H3. The normalized spacial score (nSPS) is 23.5. The van der Waals surface area contributed by atoms with E-state index in [1.807, 2.05) is 6.92 Å². The first-order chi connectivity index (χ1) is 10.2. The van der Waals surface area contributed by atoms with E-state index in [1.54, 1.807) is 0 Å². The lowest BCUT2D eigenvalue weighted by Crippen LogP contribution is -2.50. The quantitative estimate of drug-likeness (QED) is 0.816. The molecule has 0 saturated carbocycles. The predicted octanol–water partition coefficient (Wildman–Crippen LogP) is 2.57. The van der Waals surface area contributed by atoms with Crippen molar-refractivity contribution in [2.24, 2.45) is 5.92 Å². The molecule has 22 heavy (non-hydrogen) atoms. The van der Waals surface area contributed by atoms with E-state index in [1.165, 1.54) is 12.1 Å². The van der Waals surface area contributed by atoms with Crippen molar-refractivity contribution in [3.8, 4) is 0 Å². The topological polar surface area (TPSA) is 58.2 Å². The van der Waals surface area contributed by atoms with Gasteiger partial charge < -0.3 is 5.32 Å². The molecule has 4 nitrogen and oxygen atoms in total. The second kappa shape index (κ2) is 6.77. The average Bonchev–Trinajstić information content (AvgIpc) is 2.40. The largest absolute Gasteiger partial charge is 0.446 e.